The number of halogens is 1. The van der Waals surface area contributed by atoms with Gasteiger partial charge < -0.3 is 5.32 Å². The molecule has 4 heteroatoms. The number of nitrogens with zero attached hydrogens (tertiary/aromatic N) is 2. The zero-order valence-corrected chi connectivity index (χ0v) is 11.9. The fourth-order valence-corrected chi connectivity index (χ4v) is 2.58. The third-order valence-corrected chi connectivity index (χ3v) is 3.54. The lowest BCUT2D eigenvalue weighted by atomic mass is 10.2. The van der Waals surface area contributed by atoms with Gasteiger partial charge in [0.15, 0.2) is 0 Å². The van der Waals surface area contributed by atoms with Crippen molar-refractivity contribution in [2.75, 3.05) is 0 Å². The molecule has 0 amide bonds. The first-order valence-electron chi connectivity index (χ1n) is 6.26. The van der Waals surface area contributed by atoms with Crippen molar-refractivity contribution < 1.29 is 0 Å². The number of aryl methyl sites for hydroxylation is 1. The highest BCUT2D eigenvalue weighted by atomic mass is 79.9. The van der Waals surface area contributed by atoms with Gasteiger partial charge >= 0.3 is 0 Å². The van der Waals surface area contributed by atoms with Gasteiger partial charge in [0.1, 0.15) is 0 Å². The van der Waals surface area contributed by atoms with Crippen molar-refractivity contribution in [3.8, 4) is 5.69 Å². The molecule has 2 aromatic rings. The van der Waals surface area contributed by atoms with Gasteiger partial charge in [-0.1, -0.05) is 15.9 Å². The number of rotatable bonds is 4. The largest absolute Gasteiger partial charge is 0.308 e. The van der Waals surface area contributed by atoms with Crippen LogP contribution in [0.1, 0.15) is 24.1 Å². The van der Waals surface area contributed by atoms with Gasteiger partial charge in [0, 0.05) is 23.3 Å². The molecule has 1 aliphatic carbocycles. The molecule has 1 fully saturated rings. The van der Waals surface area contributed by atoms with Gasteiger partial charge in [0.05, 0.1) is 11.4 Å². The smallest absolute Gasteiger partial charge is 0.0766 e. The number of aromatic nitrogens is 2. The number of nitrogens with one attached hydrogen (secondary N) is 1. The molecule has 3 rings (SSSR count). The Morgan fingerprint density at radius 3 is 2.94 bits per heavy atom. The summed E-state index contributed by atoms with van der Waals surface area (Å²) in [4.78, 5) is 0. The highest BCUT2D eigenvalue weighted by Crippen LogP contribution is 2.20. The highest BCUT2D eigenvalue weighted by Gasteiger charge is 2.20. The topological polar surface area (TPSA) is 29.9 Å². The predicted molar refractivity (Wildman–Crippen MR) is 75.9 cm³/mol. The van der Waals surface area contributed by atoms with Crippen molar-refractivity contribution in [2.24, 2.45) is 0 Å². The minimum atomic E-state index is 0.725. The van der Waals surface area contributed by atoms with Crippen molar-refractivity contribution in [1.29, 1.82) is 0 Å². The van der Waals surface area contributed by atoms with E-state index in [1.807, 2.05) is 10.9 Å². The van der Waals surface area contributed by atoms with E-state index in [9.17, 15) is 0 Å². The van der Waals surface area contributed by atoms with Crippen LogP contribution < -0.4 is 5.32 Å². The van der Waals surface area contributed by atoms with E-state index in [4.69, 9.17) is 0 Å². The Morgan fingerprint density at radius 1 is 1.39 bits per heavy atom. The maximum atomic E-state index is 4.60. The summed E-state index contributed by atoms with van der Waals surface area (Å²) < 4.78 is 3.02. The molecule has 0 aliphatic heterocycles. The van der Waals surface area contributed by atoms with Crippen LogP contribution in [0.5, 0.6) is 0 Å². The molecule has 94 valence electrons. The van der Waals surface area contributed by atoms with Crippen LogP contribution in [0.15, 0.2) is 34.9 Å². The Bertz CT molecular complexity index is 538. The van der Waals surface area contributed by atoms with E-state index >= 15 is 0 Å². The van der Waals surface area contributed by atoms with Crippen molar-refractivity contribution in [3.63, 3.8) is 0 Å². The lowest BCUT2D eigenvalue weighted by Crippen LogP contribution is -2.15. The van der Waals surface area contributed by atoms with Crippen molar-refractivity contribution in [1.82, 2.24) is 15.1 Å². The van der Waals surface area contributed by atoms with E-state index in [1.54, 1.807) is 0 Å². The monoisotopic (exact) mass is 305 g/mol. The van der Waals surface area contributed by atoms with Gasteiger partial charge in [-0.05, 0) is 49.6 Å². The minimum absolute atomic E-state index is 0.725. The standard InChI is InChI=1S/C14H16BrN3/c1-10-6-11(15)8-14(7-10)18-5-4-13(17-18)9-16-12-2-3-12/h4-8,12,16H,2-3,9H2,1H3. The zero-order chi connectivity index (χ0) is 12.5. The molecule has 0 unspecified atom stereocenters. The molecule has 1 saturated carbocycles. The van der Waals surface area contributed by atoms with Crippen LogP contribution >= 0.6 is 15.9 Å². The van der Waals surface area contributed by atoms with Crippen molar-refractivity contribution in [3.05, 3.63) is 46.2 Å². The van der Waals surface area contributed by atoms with Crippen molar-refractivity contribution in [2.45, 2.75) is 32.4 Å². The van der Waals surface area contributed by atoms with Crippen LogP contribution in [0.25, 0.3) is 5.69 Å². The van der Waals surface area contributed by atoms with Crippen LogP contribution in [-0.4, -0.2) is 15.8 Å². The third kappa shape index (κ3) is 2.82. The summed E-state index contributed by atoms with van der Waals surface area (Å²) in [5, 5.41) is 8.07. The van der Waals surface area contributed by atoms with E-state index in [0.717, 1.165) is 28.4 Å². The molecule has 18 heavy (non-hydrogen) atoms. The first kappa shape index (κ1) is 11.9. The second-order valence-electron chi connectivity index (χ2n) is 4.89. The number of hydrogen-bond acceptors (Lipinski definition) is 2. The Balaban J connectivity index is 1.78. The van der Waals surface area contributed by atoms with E-state index in [0.29, 0.717) is 0 Å². The molecule has 1 heterocycles. The normalized spacial score (nSPS) is 15.0. The predicted octanol–water partition coefficient (Wildman–Crippen LogP) is 3.20. The molecule has 0 spiro atoms. The molecular weight excluding hydrogens is 290 g/mol. The minimum Gasteiger partial charge on any atom is -0.308 e. The average Bonchev–Trinajstić information content (AvgIpc) is 3.02. The Labute approximate surface area is 115 Å². The van der Waals surface area contributed by atoms with Crippen LogP contribution in [0.3, 0.4) is 0 Å². The first-order chi connectivity index (χ1) is 8.70. The summed E-state index contributed by atoms with van der Waals surface area (Å²) in [6, 6.07) is 9.12. The van der Waals surface area contributed by atoms with Gasteiger partial charge in [0.2, 0.25) is 0 Å². The first-order valence-corrected chi connectivity index (χ1v) is 7.05. The highest BCUT2D eigenvalue weighted by molar-refractivity contribution is 9.10. The van der Waals surface area contributed by atoms with Gasteiger partial charge in [-0.3, -0.25) is 0 Å². The van der Waals surface area contributed by atoms with Gasteiger partial charge in [-0.2, -0.15) is 5.10 Å². The molecule has 0 atom stereocenters. The lowest BCUT2D eigenvalue weighted by Gasteiger charge is -2.04. The summed E-state index contributed by atoms with van der Waals surface area (Å²) in [6.45, 7) is 2.96. The van der Waals surface area contributed by atoms with E-state index in [2.05, 4.69) is 57.5 Å². The molecule has 0 bridgehead atoms. The van der Waals surface area contributed by atoms with Crippen LogP contribution in [0.2, 0.25) is 0 Å². The summed E-state index contributed by atoms with van der Waals surface area (Å²) in [7, 11) is 0. The molecule has 1 N–H and O–H groups in total. The summed E-state index contributed by atoms with van der Waals surface area (Å²) in [5.74, 6) is 0. The molecule has 1 aliphatic rings. The number of hydrogen-bond donors (Lipinski definition) is 1. The van der Waals surface area contributed by atoms with Gasteiger partial charge in [-0.25, -0.2) is 4.68 Å². The Kier molecular flexibility index (Phi) is 3.22. The summed E-state index contributed by atoms with van der Waals surface area (Å²) in [5.41, 5.74) is 3.42. The summed E-state index contributed by atoms with van der Waals surface area (Å²) >= 11 is 3.52. The van der Waals surface area contributed by atoms with E-state index < -0.39 is 0 Å². The molecule has 1 aromatic heterocycles. The van der Waals surface area contributed by atoms with Crippen LogP contribution in [0, 0.1) is 6.92 Å². The fourth-order valence-electron chi connectivity index (χ4n) is 1.99. The lowest BCUT2D eigenvalue weighted by molar-refractivity contribution is 0.665. The maximum Gasteiger partial charge on any atom is 0.0766 e. The van der Waals surface area contributed by atoms with E-state index in [1.165, 1.54) is 18.4 Å². The SMILES string of the molecule is Cc1cc(Br)cc(-n2ccc(CNC3CC3)n2)c1. The molecule has 0 radical (unpaired) electrons. The van der Waals surface area contributed by atoms with E-state index in [-0.39, 0.29) is 0 Å². The fraction of sp³-hybridized carbons (Fsp3) is 0.357. The molecule has 1 aromatic carbocycles. The van der Waals surface area contributed by atoms with Gasteiger partial charge in [0.25, 0.3) is 0 Å². The molecule has 0 saturated heterocycles. The number of benzene rings is 1. The quantitative estimate of drug-likeness (QED) is 0.940. The average molecular weight is 306 g/mol. The zero-order valence-electron chi connectivity index (χ0n) is 10.4. The maximum absolute atomic E-state index is 4.60. The Morgan fingerprint density at radius 2 is 2.22 bits per heavy atom. The van der Waals surface area contributed by atoms with Gasteiger partial charge in [-0.15, -0.1) is 0 Å². The van der Waals surface area contributed by atoms with Crippen molar-refractivity contribution >= 4 is 15.9 Å². The molecular formula is C14H16BrN3. The second kappa shape index (κ2) is 4.86. The Hall–Kier alpha value is -1.13. The molecule has 3 nitrogen and oxygen atoms in total. The third-order valence-electron chi connectivity index (χ3n) is 3.08. The summed E-state index contributed by atoms with van der Waals surface area (Å²) in [6.07, 6.45) is 4.64. The second-order valence-corrected chi connectivity index (χ2v) is 5.81. The van der Waals surface area contributed by atoms with Crippen LogP contribution in [0.4, 0.5) is 0 Å². The van der Waals surface area contributed by atoms with Crippen LogP contribution in [-0.2, 0) is 6.54 Å².